The fourth-order valence-electron chi connectivity index (χ4n) is 3.09. The van der Waals surface area contributed by atoms with E-state index in [0.29, 0.717) is 27.9 Å². The van der Waals surface area contributed by atoms with Crippen LogP contribution in [0, 0.1) is 13.8 Å². The molecule has 0 unspecified atom stereocenters. The molecule has 0 aliphatic rings. The lowest BCUT2D eigenvalue weighted by Gasteiger charge is -2.10. The molecule has 0 fully saturated rings. The number of carbonyl (C=O) groups is 1. The van der Waals surface area contributed by atoms with Gasteiger partial charge in [-0.3, -0.25) is 4.79 Å². The van der Waals surface area contributed by atoms with Gasteiger partial charge in [-0.25, -0.2) is 9.50 Å². The normalized spacial score (nSPS) is 10.9. The molecule has 2 aromatic heterocycles. The van der Waals surface area contributed by atoms with Crippen LogP contribution in [0.1, 0.15) is 27.3 Å². The van der Waals surface area contributed by atoms with Crippen LogP contribution in [0.4, 0.5) is 5.69 Å². The minimum Gasteiger partial charge on any atom is -0.497 e. The average molecular weight is 420 g/mol. The minimum absolute atomic E-state index is 0.160. The number of aryl methyl sites for hydroxylation is 2. The highest BCUT2D eigenvalue weighted by molar-refractivity contribution is 7.98. The molecule has 1 amide bonds. The summed E-state index contributed by atoms with van der Waals surface area (Å²) in [6.45, 7) is 3.91. The smallest absolute Gasteiger partial charge is 0.255 e. The van der Waals surface area contributed by atoms with E-state index >= 15 is 0 Å². The van der Waals surface area contributed by atoms with Crippen molar-refractivity contribution in [2.24, 2.45) is 0 Å². The number of ether oxygens (including phenoxy) is 1. The molecule has 0 aliphatic heterocycles. The van der Waals surface area contributed by atoms with E-state index in [1.807, 2.05) is 68.4 Å². The summed E-state index contributed by atoms with van der Waals surface area (Å²) in [6, 6.07) is 16.8. The summed E-state index contributed by atoms with van der Waals surface area (Å²) in [7, 11) is 1.61. The Labute approximate surface area is 178 Å². The van der Waals surface area contributed by atoms with Crippen LogP contribution < -0.4 is 10.1 Å². The third-order valence-corrected chi connectivity index (χ3v) is 5.45. The Morgan fingerprint density at radius 3 is 2.63 bits per heavy atom. The minimum atomic E-state index is -0.160. The molecular weight excluding hydrogens is 398 g/mol. The van der Waals surface area contributed by atoms with E-state index in [9.17, 15) is 4.79 Å². The number of thioether (sulfide) groups is 1. The summed E-state index contributed by atoms with van der Waals surface area (Å²) >= 11 is 1.48. The number of fused-ring (bicyclic) bond motifs is 1. The fraction of sp³-hybridized carbons (Fsp3) is 0.182. The summed E-state index contributed by atoms with van der Waals surface area (Å²) in [5.41, 5.74) is 4.13. The second kappa shape index (κ2) is 8.54. The summed E-state index contributed by atoms with van der Waals surface area (Å²) in [5, 5.41) is 8.08. The molecule has 0 spiro atoms. The lowest BCUT2D eigenvalue weighted by Crippen LogP contribution is -2.14. The Morgan fingerprint density at radius 2 is 1.87 bits per heavy atom. The number of amides is 1. The van der Waals surface area contributed by atoms with Gasteiger partial charge in [-0.15, -0.1) is 5.10 Å². The van der Waals surface area contributed by atoms with Crippen molar-refractivity contribution in [1.29, 1.82) is 0 Å². The number of methoxy groups -OCH3 is 1. The molecule has 0 radical (unpaired) electrons. The molecule has 2 heterocycles. The highest BCUT2D eigenvalue weighted by Crippen LogP contribution is 2.24. The van der Waals surface area contributed by atoms with Crippen molar-refractivity contribution in [2.45, 2.75) is 24.8 Å². The molecule has 7 nitrogen and oxygen atoms in total. The van der Waals surface area contributed by atoms with E-state index in [-0.39, 0.29) is 5.91 Å². The molecule has 0 aliphatic carbocycles. The monoisotopic (exact) mass is 419 g/mol. The van der Waals surface area contributed by atoms with Crippen LogP contribution in [0.2, 0.25) is 0 Å². The number of hydrogen-bond donors (Lipinski definition) is 1. The van der Waals surface area contributed by atoms with Gasteiger partial charge in [0, 0.05) is 28.4 Å². The van der Waals surface area contributed by atoms with Crippen LogP contribution in [0.5, 0.6) is 5.75 Å². The second-order valence-corrected chi connectivity index (χ2v) is 7.72. The van der Waals surface area contributed by atoms with Gasteiger partial charge in [0.1, 0.15) is 5.75 Å². The van der Waals surface area contributed by atoms with Crippen LogP contribution in [0.3, 0.4) is 0 Å². The summed E-state index contributed by atoms with van der Waals surface area (Å²) in [6.07, 6.45) is 0. The first kappa shape index (κ1) is 19.9. The van der Waals surface area contributed by atoms with E-state index in [0.717, 1.165) is 22.7 Å². The van der Waals surface area contributed by atoms with Gasteiger partial charge in [0.05, 0.1) is 7.11 Å². The molecular formula is C22H21N5O2S. The number of carbonyl (C=O) groups excluding carboxylic acids is 1. The van der Waals surface area contributed by atoms with Crippen molar-refractivity contribution in [1.82, 2.24) is 19.6 Å². The Morgan fingerprint density at radius 1 is 1.10 bits per heavy atom. The molecule has 4 aromatic rings. The molecule has 1 N–H and O–H groups in total. The Balaban J connectivity index is 1.50. The van der Waals surface area contributed by atoms with Crippen LogP contribution in [0.15, 0.2) is 59.8 Å². The summed E-state index contributed by atoms with van der Waals surface area (Å²) < 4.78 is 6.89. The SMILES string of the molecule is COc1ccc(NC(=O)c2ccccc2CSc2nc3nc(C)cc(C)n3n2)cc1. The first-order chi connectivity index (χ1) is 14.5. The standard InChI is InChI=1S/C22H21N5O2S/c1-14-12-15(2)27-21(23-14)25-22(26-27)30-13-16-6-4-5-7-19(16)20(28)24-17-8-10-18(29-3)11-9-17/h4-12H,13H2,1-3H3,(H,24,28). The number of rotatable bonds is 6. The van der Waals surface area contributed by atoms with Gasteiger partial charge in [-0.05, 0) is 55.8 Å². The highest BCUT2D eigenvalue weighted by atomic mass is 32.2. The molecule has 0 saturated carbocycles. The van der Waals surface area contributed by atoms with Gasteiger partial charge in [0.2, 0.25) is 5.16 Å². The maximum absolute atomic E-state index is 12.8. The van der Waals surface area contributed by atoms with Crippen molar-refractivity contribution in [3.05, 3.63) is 77.1 Å². The number of aromatic nitrogens is 4. The zero-order chi connectivity index (χ0) is 21.1. The van der Waals surface area contributed by atoms with Gasteiger partial charge in [-0.2, -0.15) is 4.98 Å². The van der Waals surface area contributed by atoms with Crippen LogP contribution in [-0.2, 0) is 5.75 Å². The molecule has 4 rings (SSSR count). The first-order valence-electron chi connectivity index (χ1n) is 9.40. The molecule has 0 saturated heterocycles. The maximum atomic E-state index is 12.8. The van der Waals surface area contributed by atoms with Gasteiger partial charge in [0.25, 0.3) is 11.7 Å². The number of nitrogens with one attached hydrogen (secondary N) is 1. The summed E-state index contributed by atoms with van der Waals surface area (Å²) in [4.78, 5) is 21.7. The van der Waals surface area contributed by atoms with E-state index in [2.05, 4.69) is 20.4 Å². The van der Waals surface area contributed by atoms with Crippen LogP contribution >= 0.6 is 11.8 Å². The molecule has 8 heteroatoms. The van der Waals surface area contributed by atoms with Gasteiger partial charge in [-0.1, -0.05) is 30.0 Å². The lowest BCUT2D eigenvalue weighted by molar-refractivity contribution is 0.102. The number of nitrogens with zero attached hydrogens (tertiary/aromatic N) is 4. The Bertz CT molecular complexity index is 1200. The van der Waals surface area contributed by atoms with E-state index < -0.39 is 0 Å². The lowest BCUT2D eigenvalue weighted by atomic mass is 10.1. The third kappa shape index (κ3) is 4.28. The largest absolute Gasteiger partial charge is 0.497 e. The molecule has 0 bridgehead atoms. The molecule has 152 valence electrons. The third-order valence-electron chi connectivity index (χ3n) is 4.57. The zero-order valence-electron chi connectivity index (χ0n) is 16.9. The molecule has 0 atom stereocenters. The maximum Gasteiger partial charge on any atom is 0.255 e. The highest BCUT2D eigenvalue weighted by Gasteiger charge is 2.14. The van der Waals surface area contributed by atoms with Crippen molar-refractivity contribution < 1.29 is 9.53 Å². The second-order valence-electron chi connectivity index (χ2n) is 6.77. The number of hydrogen-bond acceptors (Lipinski definition) is 6. The fourth-order valence-corrected chi connectivity index (χ4v) is 3.91. The predicted molar refractivity (Wildman–Crippen MR) is 117 cm³/mol. The number of benzene rings is 2. The average Bonchev–Trinajstić information content (AvgIpc) is 3.16. The Hall–Kier alpha value is -3.39. The van der Waals surface area contributed by atoms with Gasteiger partial charge < -0.3 is 10.1 Å². The van der Waals surface area contributed by atoms with Crippen LogP contribution in [0.25, 0.3) is 5.78 Å². The quantitative estimate of drug-likeness (QED) is 0.470. The van der Waals surface area contributed by atoms with E-state index in [4.69, 9.17) is 4.74 Å². The van der Waals surface area contributed by atoms with Gasteiger partial charge >= 0.3 is 0 Å². The van der Waals surface area contributed by atoms with Crippen molar-refractivity contribution in [3.63, 3.8) is 0 Å². The van der Waals surface area contributed by atoms with Gasteiger partial charge in [0.15, 0.2) is 0 Å². The van der Waals surface area contributed by atoms with Crippen molar-refractivity contribution in [3.8, 4) is 5.75 Å². The number of anilines is 1. The van der Waals surface area contributed by atoms with E-state index in [1.165, 1.54) is 11.8 Å². The predicted octanol–water partition coefficient (Wildman–Crippen LogP) is 4.29. The first-order valence-corrected chi connectivity index (χ1v) is 10.4. The topological polar surface area (TPSA) is 81.4 Å². The van der Waals surface area contributed by atoms with Crippen LogP contribution in [-0.4, -0.2) is 32.6 Å². The van der Waals surface area contributed by atoms with Crippen molar-refractivity contribution in [2.75, 3.05) is 12.4 Å². The zero-order valence-corrected chi connectivity index (χ0v) is 17.7. The van der Waals surface area contributed by atoms with Crippen molar-refractivity contribution >= 4 is 29.1 Å². The van der Waals surface area contributed by atoms with E-state index in [1.54, 1.807) is 11.6 Å². The Kier molecular flexibility index (Phi) is 5.67. The summed E-state index contributed by atoms with van der Waals surface area (Å²) in [5.74, 6) is 1.74. The molecule has 2 aromatic carbocycles. The molecule has 30 heavy (non-hydrogen) atoms.